The number of pyridine rings is 2. The molecule has 1 aliphatic heterocycles. The van der Waals surface area contributed by atoms with Gasteiger partial charge in [0.2, 0.25) is 5.88 Å². The van der Waals surface area contributed by atoms with Crippen molar-refractivity contribution in [1.82, 2.24) is 14.9 Å². The van der Waals surface area contributed by atoms with Gasteiger partial charge < -0.3 is 14.5 Å². The van der Waals surface area contributed by atoms with Crippen LogP contribution in [0.1, 0.15) is 10.5 Å². The van der Waals surface area contributed by atoms with Crippen molar-refractivity contribution in [2.24, 2.45) is 0 Å². The Labute approximate surface area is 129 Å². The first-order valence-electron chi connectivity index (χ1n) is 7.24. The summed E-state index contributed by atoms with van der Waals surface area (Å²) >= 11 is 0. The molecule has 0 atom stereocenters. The highest BCUT2D eigenvalue weighted by Gasteiger charge is 2.23. The minimum absolute atomic E-state index is 0.0560. The van der Waals surface area contributed by atoms with E-state index in [4.69, 9.17) is 4.74 Å². The number of rotatable bonds is 3. The molecule has 1 aliphatic rings. The van der Waals surface area contributed by atoms with Gasteiger partial charge in [-0.3, -0.25) is 4.79 Å². The molecule has 0 radical (unpaired) electrons. The number of amides is 1. The summed E-state index contributed by atoms with van der Waals surface area (Å²) < 4.78 is 5.07. The summed E-state index contributed by atoms with van der Waals surface area (Å²) in [5, 5.41) is 0. The zero-order valence-electron chi connectivity index (χ0n) is 12.5. The fraction of sp³-hybridized carbons (Fsp3) is 0.312. The van der Waals surface area contributed by atoms with Crippen LogP contribution in [0.5, 0.6) is 5.88 Å². The predicted molar refractivity (Wildman–Crippen MR) is 83.1 cm³/mol. The third kappa shape index (κ3) is 3.00. The predicted octanol–water partition coefficient (Wildman–Crippen LogP) is 1.45. The number of anilines is 1. The van der Waals surface area contributed by atoms with Crippen molar-refractivity contribution in [1.29, 1.82) is 0 Å². The molecule has 6 heteroatoms. The highest BCUT2D eigenvalue weighted by atomic mass is 16.5. The maximum absolute atomic E-state index is 12.5. The quantitative estimate of drug-likeness (QED) is 0.858. The van der Waals surface area contributed by atoms with Crippen LogP contribution in [0, 0.1) is 0 Å². The van der Waals surface area contributed by atoms with E-state index in [2.05, 4.69) is 14.9 Å². The molecular weight excluding hydrogens is 280 g/mol. The molecule has 2 aromatic rings. The van der Waals surface area contributed by atoms with Crippen LogP contribution in [-0.2, 0) is 0 Å². The Balaban J connectivity index is 1.64. The van der Waals surface area contributed by atoms with Gasteiger partial charge in [-0.15, -0.1) is 0 Å². The van der Waals surface area contributed by atoms with E-state index in [0.717, 1.165) is 18.9 Å². The van der Waals surface area contributed by atoms with Crippen molar-refractivity contribution in [3.63, 3.8) is 0 Å². The highest BCUT2D eigenvalue weighted by molar-refractivity contribution is 5.92. The van der Waals surface area contributed by atoms with Gasteiger partial charge >= 0.3 is 0 Å². The lowest BCUT2D eigenvalue weighted by molar-refractivity contribution is 0.0739. The largest absolute Gasteiger partial charge is 0.481 e. The monoisotopic (exact) mass is 298 g/mol. The molecule has 0 aliphatic carbocycles. The topological polar surface area (TPSA) is 58.6 Å². The maximum Gasteiger partial charge on any atom is 0.272 e. The van der Waals surface area contributed by atoms with Crippen LogP contribution >= 0.6 is 0 Å². The van der Waals surface area contributed by atoms with E-state index in [-0.39, 0.29) is 5.91 Å². The number of aromatic nitrogens is 2. The smallest absolute Gasteiger partial charge is 0.272 e. The molecule has 0 unspecified atom stereocenters. The standard InChI is InChI=1S/C16H18N4O2/c1-22-15-7-4-5-13(18-15)16(21)20-11-9-19(10-12-20)14-6-2-3-8-17-14/h2-8H,9-12H2,1H3. The van der Waals surface area contributed by atoms with E-state index in [1.807, 2.05) is 23.1 Å². The van der Waals surface area contributed by atoms with Gasteiger partial charge in [0.1, 0.15) is 11.5 Å². The van der Waals surface area contributed by atoms with Gasteiger partial charge in [-0.2, -0.15) is 0 Å². The molecule has 1 saturated heterocycles. The first-order valence-corrected chi connectivity index (χ1v) is 7.24. The van der Waals surface area contributed by atoms with Gasteiger partial charge in [0.25, 0.3) is 5.91 Å². The molecule has 0 spiro atoms. The normalized spacial score (nSPS) is 14.8. The van der Waals surface area contributed by atoms with Crippen molar-refractivity contribution < 1.29 is 9.53 Å². The first-order chi connectivity index (χ1) is 10.8. The minimum Gasteiger partial charge on any atom is -0.481 e. The summed E-state index contributed by atoms with van der Waals surface area (Å²) in [7, 11) is 1.54. The molecule has 0 aromatic carbocycles. The van der Waals surface area contributed by atoms with Crippen molar-refractivity contribution in [2.75, 3.05) is 38.2 Å². The minimum atomic E-state index is -0.0560. The summed E-state index contributed by atoms with van der Waals surface area (Å²) in [4.78, 5) is 25.0. The molecule has 1 amide bonds. The van der Waals surface area contributed by atoms with Crippen molar-refractivity contribution in [2.45, 2.75) is 0 Å². The second-order valence-corrected chi connectivity index (χ2v) is 5.03. The molecule has 22 heavy (non-hydrogen) atoms. The Morgan fingerprint density at radius 3 is 2.59 bits per heavy atom. The number of ether oxygens (including phenoxy) is 1. The van der Waals surface area contributed by atoms with Crippen LogP contribution in [0.25, 0.3) is 0 Å². The van der Waals surface area contributed by atoms with E-state index in [1.54, 1.807) is 31.5 Å². The maximum atomic E-state index is 12.5. The summed E-state index contributed by atoms with van der Waals surface area (Å²) in [5.41, 5.74) is 0.422. The van der Waals surface area contributed by atoms with Crippen LogP contribution in [-0.4, -0.2) is 54.1 Å². The Morgan fingerprint density at radius 2 is 1.91 bits per heavy atom. The summed E-state index contributed by atoms with van der Waals surface area (Å²) in [6, 6.07) is 11.1. The molecule has 114 valence electrons. The summed E-state index contributed by atoms with van der Waals surface area (Å²) in [6.07, 6.45) is 1.78. The SMILES string of the molecule is COc1cccc(C(=O)N2CCN(c3ccccn3)CC2)n1. The van der Waals surface area contributed by atoms with Crippen molar-refractivity contribution in [3.8, 4) is 5.88 Å². The second-order valence-electron chi connectivity index (χ2n) is 5.03. The van der Waals surface area contributed by atoms with Crippen LogP contribution in [0.3, 0.4) is 0 Å². The average Bonchev–Trinajstić information content (AvgIpc) is 2.62. The fourth-order valence-electron chi connectivity index (χ4n) is 2.49. The van der Waals surface area contributed by atoms with E-state index in [0.29, 0.717) is 24.7 Å². The van der Waals surface area contributed by atoms with Crippen LogP contribution in [0.15, 0.2) is 42.6 Å². The van der Waals surface area contributed by atoms with Crippen molar-refractivity contribution >= 4 is 11.7 Å². The number of carbonyl (C=O) groups is 1. The molecule has 0 N–H and O–H groups in total. The van der Waals surface area contributed by atoms with Gasteiger partial charge in [-0.1, -0.05) is 12.1 Å². The van der Waals surface area contributed by atoms with Crippen LogP contribution in [0.4, 0.5) is 5.82 Å². The lowest BCUT2D eigenvalue weighted by atomic mass is 10.2. The van der Waals surface area contributed by atoms with Crippen LogP contribution in [0.2, 0.25) is 0 Å². The third-order valence-electron chi connectivity index (χ3n) is 3.69. The van der Waals surface area contributed by atoms with E-state index in [1.165, 1.54) is 0 Å². The zero-order valence-corrected chi connectivity index (χ0v) is 12.5. The van der Waals surface area contributed by atoms with E-state index >= 15 is 0 Å². The molecular formula is C16H18N4O2. The highest BCUT2D eigenvalue weighted by Crippen LogP contribution is 2.15. The summed E-state index contributed by atoms with van der Waals surface area (Å²) in [6.45, 7) is 2.86. The third-order valence-corrected chi connectivity index (χ3v) is 3.69. The Kier molecular flexibility index (Phi) is 4.18. The molecule has 0 saturated carbocycles. The lowest BCUT2D eigenvalue weighted by Gasteiger charge is -2.35. The molecule has 6 nitrogen and oxygen atoms in total. The first kappa shape index (κ1) is 14.3. The molecule has 3 rings (SSSR count). The second kappa shape index (κ2) is 6.43. The van der Waals surface area contributed by atoms with Gasteiger partial charge in [-0.25, -0.2) is 9.97 Å². The van der Waals surface area contributed by atoms with Crippen LogP contribution < -0.4 is 9.64 Å². The number of piperazine rings is 1. The zero-order chi connectivity index (χ0) is 15.4. The molecule has 0 bridgehead atoms. The van der Waals surface area contributed by atoms with E-state index in [9.17, 15) is 4.79 Å². The van der Waals surface area contributed by atoms with E-state index < -0.39 is 0 Å². The Morgan fingerprint density at radius 1 is 1.09 bits per heavy atom. The number of hydrogen-bond donors (Lipinski definition) is 0. The Bertz CT molecular complexity index is 640. The number of nitrogens with zero attached hydrogens (tertiary/aromatic N) is 4. The fourth-order valence-corrected chi connectivity index (χ4v) is 2.49. The van der Waals surface area contributed by atoms with Crippen molar-refractivity contribution in [3.05, 3.63) is 48.3 Å². The van der Waals surface area contributed by atoms with Gasteiger partial charge in [-0.05, 0) is 18.2 Å². The van der Waals surface area contributed by atoms with Gasteiger partial charge in [0.05, 0.1) is 7.11 Å². The molecule has 2 aromatic heterocycles. The number of carbonyl (C=O) groups excluding carboxylic acids is 1. The van der Waals surface area contributed by atoms with Gasteiger partial charge in [0.15, 0.2) is 0 Å². The number of hydrogen-bond acceptors (Lipinski definition) is 5. The lowest BCUT2D eigenvalue weighted by Crippen LogP contribution is -2.49. The summed E-state index contributed by atoms with van der Waals surface area (Å²) in [5.74, 6) is 1.35. The number of methoxy groups -OCH3 is 1. The molecule has 3 heterocycles. The van der Waals surface area contributed by atoms with Gasteiger partial charge in [0, 0.05) is 38.4 Å². The average molecular weight is 298 g/mol. The Hall–Kier alpha value is -2.63. The molecule has 1 fully saturated rings.